The second-order valence-electron chi connectivity index (χ2n) is 4.42. The van der Waals surface area contributed by atoms with Crippen molar-refractivity contribution in [1.29, 1.82) is 0 Å². The van der Waals surface area contributed by atoms with Gasteiger partial charge in [0.25, 0.3) is 5.91 Å². The standard InChI is InChI=1S/C13H20N2O/c1-10(2)14-15(11(3)4)13(16)12-8-6-5-7-9-12/h5-11,14H,1-4H3. The first kappa shape index (κ1) is 12.7. The van der Waals surface area contributed by atoms with Crippen molar-refractivity contribution in [3.8, 4) is 0 Å². The van der Waals surface area contributed by atoms with Crippen molar-refractivity contribution in [3.63, 3.8) is 0 Å². The minimum atomic E-state index is 0.0179. The lowest BCUT2D eigenvalue weighted by molar-refractivity contribution is 0.0550. The van der Waals surface area contributed by atoms with Crippen molar-refractivity contribution in [3.05, 3.63) is 35.9 Å². The van der Waals surface area contributed by atoms with Crippen LogP contribution >= 0.6 is 0 Å². The van der Waals surface area contributed by atoms with Gasteiger partial charge in [-0.15, -0.1) is 0 Å². The largest absolute Gasteiger partial charge is 0.271 e. The van der Waals surface area contributed by atoms with Gasteiger partial charge in [-0.3, -0.25) is 9.80 Å². The van der Waals surface area contributed by atoms with Crippen molar-refractivity contribution in [2.45, 2.75) is 39.8 Å². The molecular formula is C13H20N2O. The molecule has 0 aliphatic heterocycles. The Morgan fingerprint density at radius 1 is 1.12 bits per heavy atom. The van der Waals surface area contributed by atoms with Crippen molar-refractivity contribution in [2.75, 3.05) is 0 Å². The topological polar surface area (TPSA) is 32.3 Å². The van der Waals surface area contributed by atoms with E-state index in [4.69, 9.17) is 0 Å². The average molecular weight is 220 g/mol. The Bertz CT molecular complexity index is 333. The van der Waals surface area contributed by atoms with Crippen LogP contribution in [0.1, 0.15) is 38.1 Å². The summed E-state index contributed by atoms with van der Waals surface area (Å²) in [4.78, 5) is 12.2. The number of benzene rings is 1. The number of carbonyl (C=O) groups is 1. The summed E-state index contributed by atoms with van der Waals surface area (Å²) >= 11 is 0. The van der Waals surface area contributed by atoms with Crippen molar-refractivity contribution < 1.29 is 4.79 Å². The highest BCUT2D eigenvalue weighted by atomic mass is 16.2. The van der Waals surface area contributed by atoms with Gasteiger partial charge in [-0.05, 0) is 39.8 Å². The first-order chi connectivity index (χ1) is 7.52. The van der Waals surface area contributed by atoms with Crippen LogP contribution in [0.5, 0.6) is 0 Å². The molecule has 1 amide bonds. The molecule has 0 unspecified atom stereocenters. The van der Waals surface area contributed by atoms with Crippen molar-refractivity contribution in [2.24, 2.45) is 0 Å². The minimum absolute atomic E-state index is 0.0179. The van der Waals surface area contributed by atoms with Crippen LogP contribution in [0.15, 0.2) is 30.3 Å². The molecule has 0 aliphatic rings. The monoisotopic (exact) mass is 220 g/mol. The fraction of sp³-hybridized carbons (Fsp3) is 0.462. The molecule has 88 valence electrons. The summed E-state index contributed by atoms with van der Waals surface area (Å²) in [6, 6.07) is 9.71. The van der Waals surface area contributed by atoms with Crippen LogP contribution in [0.25, 0.3) is 0 Å². The molecular weight excluding hydrogens is 200 g/mol. The molecule has 3 heteroatoms. The summed E-state index contributed by atoms with van der Waals surface area (Å²) in [6.07, 6.45) is 0. The lowest BCUT2D eigenvalue weighted by Crippen LogP contribution is -2.50. The van der Waals surface area contributed by atoms with Gasteiger partial charge in [0.05, 0.1) is 0 Å². The third-order valence-electron chi connectivity index (χ3n) is 2.15. The van der Waals surface area contributed by atoms with Gasteiger partial charge < -0.3 is 0 Å². The van der Waals surface area contributed by atoms with E-state index in [0.717, 1.165) is 0 Å². The quantitative estimate of drug-likeness (QED) is 0.790. The average Bonchev–Trinajstić information content (AvgIpc) is 2.25. The number of hydrazine groups is 1. The van der Waals surface area contributed by atoms with Gasteiger partial charge in [-0.2, -0.15) is 0 Å². The zero-order chi connectivity index (χ0) is 12.1. The third kappa shape index (κ3) is 3.35. The molecule has 0 saturated carbocycles. The number of hydrogen-bond donors (Lipinski definition) is 1. The second kappa shape index (κ2) is 5.66. The molecule has 0 spiro atoms. The van der Waals surface area contributed by atoms with Crippen LogP contribution in [-0.2, 0) is 0 Å². The predicted octanol–water partition coefficient (Wildman–Crippen LogP) is 2.45. The van der Waals surface area contributed by atoms with Crippen LogP contribution in [-0.4, -0.2) is 23.0 Å². The molecule has 1 N–H and O–H groups in total. The van der Waals surface area contributed by atoms with Crippen LogP contribution in [0, 0.1) is 0 Å². The minimum Gasteiger partial charge on any atom is -0.271 e. The Kier molecular flexibility index (Phi) is 4.50. The summed E-state index contributed by atoms with van der Waals surface area (Å²) < 4.78 is 0. The molecule has 1 aromatic rings. The number of amides is 1. The van der Waals surface area contributed by atoms with Gasteiger partial charge in [0.1, 0.15) is 0 Å². The Hall–Kier alpha value is -1.35. The normalized spacial score (nSPS) is 10.9. The van der Waals surface area contributed by atoms with E-state index < -0.39 is 0 Å². The van der Waals surface area contributed by atoms with Crippen molar-refractivity contribution >= 4 is 5.91 Å². The second-order valence-corrected chi connectivity index (χ2v) is 4.42. The Morgan fingerprint density at radius 3 is 2.12 bits per heavy atom. The summed E-state index contributed by atoms with van der Waals surface area (Å²) in [5.41, 5.74) is 3.87. The van der Waals surface area contributed by atoms with Crippen molar-refractivity contribution in [1.82, 2.24) is 10.4 Å². The molecule has 3 nitrogen and oxygen atoms in total. The van der Waals surface area contributed by atoms with Gasteiger partial charge in [0, 0.05) is 17.6 Å². The van der Waals surface area contributed by atoms with E-state index >= 15 is 0 Å². The Balaban J connectivity index is 2.83. The molecule has 0 fully saturated rings. The van der Waals surface area contributed by atoms with E-state index in [1.807, 2.05) is 58.0 Å². The molecule has 0 aliphatic carbocycles. The van der Waals surface area contributed by atoms with E-state index in [9.17, 15) is 4.79 Å². The zero-order valence-electron chi connectivity index (χ0n) is 10.4. The summed E-state index contributed by atoms with van der Waals surface area (Å²) in [5.74, 6) is 0.0179. The van der Waals surface area contributed by atoms with Crippen LogP contribution < -0.4 is 5.43 Å². The van der Waals surface area contributed by atoms with Gasteiger partial charge in [0.2, 0.25) is 0 Å². The molecule has 1 rings (SSSR count). The van der Waals surface area contributed by atoms with E-state index in [0.29, 0.717) is 5.56 Å². The van der Waals surface area contributed by atoms with E-state index in [-0.39, 0.29) is 18.0 Å². The number of carbonyl (C=O) groups excluding carboxylic acids is 1. The van der Waals surface area contributed by atoms with Gasteiger partial charge >= 0.3 is 0 Å². The molecule has 16 heavy (non-hydrogen) atoms. The van der Waals surface area contributed by atoms with Gasteiger partial charge in [-0.25, -0.2) is 5.43 Å². The molecule has 0 aromatic heterocycles. The summed E-state index contributed by atoms with van der Waals surface area (Å²) in [6.45, 7) is 8.04. The fourth-order valence-electron chi connectivity index (χ4n) is 1.44. The van der Waals surface area contributed by atoms with Crippen LogP contribution in [0.4, 0.5) is 0 Å². The maximum absolute atomic E-state index is 12.2. The molecule has 0 atom stereocenters. The number of rotatable bonds is 4. The van der Waals surface area contributed by atoms with Gasteiger partial charge in [0.15, 0.2) is 0 Å². The first-order valence-corrected chi connectivity index (χ1v) is 5.67. The molecule has 1 aromatic carbocycles. The lowest BCUT2D eigenvalue weighted by Gasteiger charge is -2.29. The predicted molar refractivity (Wildman–Crippen MR) is 66.0 cm³/mol. The summed E-state index contributed by atoms with van der Waals surface area (Å²) in [5, 5.41) is 1.68. The maximum atomic E-state index is 12.2. The third-order valence-corrected chi connectivity index (χ3v) is 2.15. The molecule has 0 radical (unpaired) electrons. The van der Waals surface area contributed by atoms with E-state index in [2.05, 4.69) is 5.43 Å². The number of nitrogens with one attached hydrogen (secondary N) is 1. The number of nitrogens with zero attached hydrogens (tertiary/aromatic N) is 1. The molecule has 0 saturated heterocycles. The van der Waals surface area contributed by atoms with E-state index in [1.54, 1.807) is 5.01 Å². The highest BCUT2D eigenvalue weighted by Gasteiger charge is 2.18. The maximum Gasteiger partial charge on any atom is 0.268 e. The first-order valence-electron chi connectivity index (χ1n) is 5.67. The SMILES string of the molecule is CC(C)NN(C(=O)c1ccccc1)C(C)C. The fourth-order valence-corrected chi connectivity index (χ4v) is 1.44. The summed E-state index contributed by atoms with van der Waals surface area (Å²) in [7, 11) is 0. The molecule has 0 heterocycles. The van der Waals surface area contributed by atoms with Gasteiger partial charge in [-0.1, -0.05) is 18.2 Å². The smallest absolute Gasteiger partial charge is 0.268 e. The molecule has 0 bridgehead atoms. The lowest BCUT2D eigenvalue weighted by atomic mass is 10.2. The zero-order valence-corrected chi connectivity index (χ0v) is 10.4. The highest BCUT2D eigenvalue weighted by molar-refractivity contribution is 5.94. The Labute approximate surface area is 97.4 Å². The Morgan fingerprint density at radius 2 is 1.69 bits per heavy atom. The van der Waals surface area contributed by atoms with Crippen LogP contribution in [0.3, 0.4) is 0 Å². The van der Waals surface area contributed by atoms with E-state index in [1.165, 1.54) is 0 Å². The highest BCUT2D eigenvalue weighted by Crippen LogP contribution is 2.06. The van der Waals surface area contributed by atoms with Crippen LogP contribution in [0.2, 0.25) is 0 Å². The number of hydrogen-bond acceptors (Lipinski definition) is 2.